The largest absolute Gasteiger partial charge is 0.352 e. The molecular formula is C18H16N2OS. The number of nitrogens with zero attached hydrogens (tertiary/aromatic N) is 1. The van der Waals surface area contributed by atoms with Gasteiger partial charge < -0.3 is 5.32 Å². The molecule has 0 spiro atoms. The molecule has 0 aliphatic heterocycles. The highest BCUT2D eigenvalue weighted by atomic mass is 32.1. The Morgan fingerprint density at radius 1 is 1.05 bits per heavy atom. The fourth-order valence-electron chi connectivity index (χ4n) is 2.14. The monoisotopic (exact) mass is 308 g/mol. The molecule has 2 aromatic carbocycles. The third-order valence-corrected chi connectivity index (χ3v) is 4.21. The second-order valence-electron chi connectivity index (χ2n) is 5.01. The highest BCUT2D eigenvalue weighted by molar-refractivity contribution is 7.13. The summed E-state index contributed by atoms with van der Waals surface area (Å²) in [6, 6.07) is 18.3. The summed E-state index contributed by atoms with van der Waals surface area (Å²) < 4.78 is 0. The summed E-state index contributed by atoms with van der Waals surface area (Å²) in [6.45, 7) is 2.08. The van der Waals surface area contributed by atoms with Gasteiger partial charge in [0.25, 0.3) is 0 Å². The molecule has 0 bridgehead atoms. The molecule has 1 amide bonds. The molecule has 0 saturated heterocycles. The number of rotatable bonds is 4. The molecule has 0 unspecified atom stereocenters. The Hall–Kier alpha value is -2.46. The molecule has 3 rings (SSSR count). The van der Waals surface area contributed by atoms with Gasteiger partial charge in [-0.2, -0.15) is 0 Å². The summed E-state index contributed by atoms with van der Waals surface area (Å²) >= 11 is 1.64. The highest BCUT2D eigenvalue weighted by Gasteiger charge is 2.06. The number of benzene rings is 2. The molecule has 4 heteroatoms. The molecule has 0 atom stereocenters. The smallest absolute Gasteiger partial charge is 0.217 e. The van der Waals surface area contributed by atoms with E-state index >= 15 is 0 Å². The summed E-state index contributed by atoms with van der Waals surface area (Å²) in [5.74, 6) is -0.0171. The summed E-state index contributed by atoms with van der Waals surface area (Å²) in [6.07, 6.45) is 0. The number of amides is 1. The van der Waals surface area contributed by atoms with E-state index in [0.717, 1.165) is 27.4 Å². The average Bonchev–Trinajstić information content (AvgIpc) is 3.04. The van der Waals surface area contributed by atoms with Crippen molar-refractivity contribution in [2.24, 2.45) is 0 Å². The van der Waals surface area contributed by atoms with Crippen LogP contribution in [0.4, 0.5) is 0 Å². The van der Waals surface area contributed by atoms with Crippen LogP contribution in [0.2, 0.25) is 0 Å². The third-order valence-electron chi connectivity index (χ3n) is 3.32. The van der Waals surface area contributed by atoms with E-state index in [1.165, 1.54) is 6.92 Å². The van der Waals surface area contributed by atoms with Crippen molar-refractivity contribution in [1.29, 1.82) is 0 Å². The number of thiazole rings is 1. The van der Waals surface area contributed by atoms with Gasteiger partial charge in [0.1, 0.15) is 5.01 Å². The fraction of sp³-hybridized carbons (Fsp3) is 0.111. The second kappa shape index (κ2) is 6.54. The second-order valence-corrected chi connectivity index (χ2v) is 5.87. The minimum Gasteiger partial charge on any atom is -0.352 e. The van der Waals surface area contributed by atoms with Crippen molar-refractivity contribution in [3.05, 3.63) is 65.5 Å². The van der Waals surface area contributed by atoms with Crippen LogP contribution in [0.1, 0.15) is 12.5 Å². The maximum Gasteiger partial charge on any atom is 0.217 e. The van der Waals surface area contributed by atoms with Crippen molar-refractivity contribution in [1.82, 2.24) is 10.3 Å². The normalized spacial score (nSPS) is 10.4. The van der Waals surface area contributed by atoms with Crippen molar-refractivity contribution >= 4 is 17.2 Å². The van der Waals surface area contributed by atoms with Gasteiger partial charge in [-0.1, -0.05) is 54.6 Å². The van der Waals surface area contributed by atoms with Gasteiger partial charge in [-0.25, -0.2) is 4.98 Å². The van der Waals surface area contributed by atoms with Crippen LogP contribution in [0.5, 0.6) is 0 Å². The Bertz CT molecular complexity index is 763. The summed E-state index contributed by atoms with van der Waals surface area (Å²) in [7, 11) is 0. The Kier molecular flexibility index (Phi) is 4.30. The SMILES string of the molecule is CC(=O)NCc1ccc(-c2nc(-c3ccccc3)cs2)cc1. The van der Waals surface area contributed by atoms with Gasteiger partial charge in [-0.05, 0) is 5.56 Å². The molecule has 22 heavy (non-hydrogen) atoms. The maximum atomic E-state index is 10.9. The van der Waals surface area contributed by atoms with Crippen molar-refractivity contribution in [2.75, 3.05) is 0 Å². The molecular weight excluding hydrogens is 292 g/mol. The van der Waals surface area contributed by atoms with E-state index in [1.54, 1.807) is 11.3 Å². The highest BCUT2D eigenvalue weighted by Crippen LogP contribution is 2.28. The number of carbonyl (C=O) groups excluding carboxylic acids is 1. The number of hydrogen-bond acceptors (Lipinski definition) is 3. The van der Waals surface area contributed by atoms with Gasteiger partial charge in [-0.3, -0.25) is 4.79 Å². The maximum absolute atomic E-state index is 10.9. The summed E-state index contributed by atoms with van der Waals surface area (Å²) in [5.41, 5.74) is 4.31. The van der Waals surface area contributed by atoms with E-state index in [4.69, 9.17) is 4.98 Å². The molecule has 3 aromatic rings. The Morgan fingerprint density at radius 3 is 2.45 bits per heavy atom. The van der Waals surface area contributed by atoms with Crippen molar-refractivity contribution < 1.29 is 4.79 Å². The van der Waals surface area contributed by atoms with Crippen LogP contribution in [0, 0.1) is 0 Å². The predicted molar refractivity (Wildman–Crippen MR) is 90.5 cm³/mol. The Balaban J connectivity index is 1.77. The lowest BCUT2D eigenvalue weighted by atomic mass is 10.1. The zero-order chi connectivity index (χ0) is 15.4. The lowest BCUT2D eigenvalue weighted by Crippen LogP contribution is -2.18. The van der Waals surface area contributed by atoms with Gasteiger partial charge in [0, 0.05) is 30.0 Å². The molecule has 0 fully saturated rings. The molecule has 110 valence electrons. The minimum atomic E-state index is -0.0171. The first-order chi connectivity index (χ1) is 10.7. The zero-order valence-electron chi connectivity index (χ0n) is 12.2. The quantitative estimate of drug-likeness (QED) is 0.788. The first-order valence-corrected chi connectivity index (χ1v) is 7.95. The van der Waals surface area contributed by atoms with E-state index in [-0.39, 0.29) is 5.91 Å². The summed E-state index contributed by atoms with van der Waals surface area (Å²) in [5, 5.41) is 5.88. The molecule has 0 aliphatic carbocycles. The Labute approximate surface area is 133 Å². The molecule has 0 radical (unpaired) electrons. The van der Waals surface area contributed by atoms with Crippen LogP contribution < -0.4 is 5.32 Å². The van der Waals surface area contributed by atoms with E-state index in [1.807, 2.05) is 42.5 Å². The number of carbonyl (C=O) groups is 1. The first kappa shape index (κ1) is 14.5. The summed E-state index contributed by atoms with van der Waals surface area (Å²) in [4.78, 5) is 15.6. The lowest BCUT2D eigenvalue weighted by molar-refractivity contribution is -0.119. The topological polar surface area (TPSA) is 42.0 Å². The van der Waals surface area contributed by atoms with Gasteiger partial charge in [-0.15, -0.1) is 11.3 Å². The van der Waals surface area contributed by atoms with Crippen molar-refractivity contribution in [3.63, 3.8) is 0 Å². The molecule has 1 heterocycles. The predicted octanol–water partition coefficient (Wildman–Crippen LogP) is 4.11. The van der Waals surface area contributed by atoms with Gasteiger partial charge >= 0.3 is 0 Å². The minimum absolute atomic E-state index is 0.0171. The first-order valence-electron chi connectivity index (χ1n) is 7.07. The molecule has 0 aliphatic rings. The van der Waals surface area contributed by atoms with Crippen LogP contribution in [0.15, 0.2) is 60.0 Å². The Morgan fingerprint density at radius 2 is 1.77 bits per heavy atom. The van der Waals surface area contributed by atoms with Gasteiger partial charge in [0.2, 0.25) is 5.91 Å². The molecule has 1 aromatic heterocycles. The van der Waals surface area contributed by atoms with Crippen LogP contribution in [-0.4, -0.2) is 10.9 Å². The van der Waals surface area contributed by atoms with Crippen LogP contribution in [0.25, 0.3) is 21.8 Å². The average molecular weight is 308 g/mol. The van der Waals surface area contributed by atoms with Crippen LogP contribution in [-0.2, 0) is 11.3 Å². The van der Waals surface area contributed by atoms with Crippen LogP contribution >= 0.6 is 11.3 Å². The van der Waals surface area contributed by atoms with Gasteiger partial charge in [0.05, 0.1) is 5.69 Å². The molecule has 0 saturated carbocycles. The number of hydrogen-bond donors (Lipinski definition) is 1. The molecule has 1 N–H and O–H groups in total. The van der Waals surface area contributed by atoms with Gasteiger partial charge in [0.15, 0.2) is 0 Å². The van der Waals surface area contributed by atoms with E-state index in [2.05, 4.69) is 22.8 Å². The lowest BCUT2D eigenvalue weighted by Gasteiger charge is -2.03. The zero-order valence-corrected chi connectivity index (χ0v) is 13.1. The van der Waals surface area contributed by atoms with E-state index in [9.17, 15) is 4.79 Å². The van der Waals surface area contributed by atoms with Crippen LogP contribution in [0.3, 0.4) is 0 Å². The molecule has 3 nitrogen and oxygen atoms in total. The van der Waals surface area contributed by atoms with E-state index in [0.29, 0.717) is 6.54 Å². The van der Waals surface area contributed by atoms with Crippen molar-refractivity contribution in [3.8, 4) is 21.8 Å². The third kappa shape index (κ3) is 3.40. The number of nitrogens with one attached hydrogen (secondary N) is 1. The van der Waals surface area contributed by atoms with Crippen molar-refractivity contribution in [2.45, 2.75) is 13.5 Å². The fourth-order valence-corrected chi connectivity index (χ4v) is 2.97. The number of aromatic nitrogens is 1. The standard InChI is InChI=1S/C18H16N2OS/c1-13(21)19-11-14-7-9-16(10-8-14)18-20-17(12-22-18)15-5-3-2-4-6-15/h2-10,12H,11H2,1H3,(H,19,21). The van der Waals surface area contributed by atoms with E-state index < -0.39 is 0 Å².